The molecule has 174 valence electrons. The van der Waals surface area contributed by atoms with Gasteiger partial charge in [-0.1, -0.05) is 55.9 Å². The predicted molar refractivity (Wildman–Crippen MR) is 131 cm³/mol. The van der Waals surface area contributed by atoms with Crippen LogP contribution in [0.3, 0.4) is 0 Å². The maximum absolute atomic E-state index is 13.3. The minimum atomic E-state index is -0.495. The van der Waals surface area contributed by atoms with Crippen molar-refractivity contribution >= 4 is 34.5 Å². The van der Waals surface area contributed by atoms with Crippen LogP contribution >= 0.6 is 11.8 Å². The van der Waals surface area contributed by atoms with Crippen LogP contribution in [-0.4, -0.2) is 40.8 Å². The highest BCUT2D eigenvalue weighted by atomic mass is 32.2. The van der Waals surface area contributed by atoms with E-state index in [4.69, 9.17) is 4.74 Å². The van der Waals surface area contributed by atoms with Gasteiger partial charge in [0.25, 0.3) is 5.56 Å². The second-order valence-electron chi connectivity index (χ2n) is 8.13. The van der Waals surface area contributed by atoms with Gasteiger partial charge in [0.1, 0.15) is 0 Å². The van der Waals surface area contributed by atoms with Gasteiger partial charge in [0.2, 0.25) is 5.91 Å². The van der Waals surface area contributed by atoms with Crippen molar-refractivity contribution in [2.45, 2.75) is 38.4 Å². The van der Waals surface area contributed by atoms with Crippen molar-refractivity contribution in [1.29, 1.82) is 0 Å². The molecule has 0 aliphatic carbocycles. The molecule has 0 fully saturated rings. The number of rotatable bonds is 10. The van der Waals surface area contributed by atoms with Crippen LogP contribution in [0.4, 0.5) is 0 Å². The van der Waals surface area contributed by atoms with Gasteiger partial charge < -0.3 is 10.1 Å². The van der Waals surface area contributed by atoms with Crippen molar-refractivity contribution < 1.29 is 14.3 Å². The number of esters is 1. The molecule has 0 saturated carbocycles. The number of carbonyl (C=O) groups excluding carboxylic acids is 2. The number of fused-ring (bicyclic) bond motifs is 1. The molecular formula is C25H29N3O4S. The maximum Gasteiger partial charge on any atom is 0.337 e. The van der Waals surface area contributed by atoms with Crippen LogP contribution < -0.4 is 10.9 Å². The third kappa shape index (κ3) is 6.68. The van der Waals surface area contributed by atoms with Crippen molar-refractivity contribution in [2.75, 3.05) is 19.4 Å². The number of hydrogen-bond acceptors (Lipinski definition) is 6. The number of thioether (sulfide) groups is 1. The lowest BCUT2D eigenvalue weighted by Gasteiger charge is -2.14. The SMILES string of the molecule is COC(=O)c1ccc2c(=O)n(CCc3ccccc3)c(SCC(=O)NCCC(C)C)nc2c1. The Morgan fingerprint density at radius 3 is 2.61 bits per heavy atom. The smallest absolute Gasteiger partial charge is 0.337 e. The van der Waals surface area contributed by atoms with Crippen LogP contribution in [-0.2, 0) is 22.5 Å². The Hall–Kier alpha value is -3.13. The van der Waals surface area contributed by atoms with E-state index in [0.29, 0.717) is 47.1 Å². The van der Waals surface area contributed by atoms with Crippen LogP contribution in [0.15, 0.2) is 58.5 Å². The molecule has 0 unspecified atom stereocenters. The first kappa shape index (κ1) is 24.5. The molecule has 1 aromatic heterocycles. The lowest BCUT2D eigenvalue weighted by molar-refractivity contribution is -0.118. The summed E-state index contributed by atoms with van der Waals surface area (Å²) in [6, 6.07) is 14.6. The van der Waals surface area contributed by atoms with Gasteiger partial charge in [-0.2, -0.15) is 0 Å². The fourth-order valence-electron chi connectivity index (χ4n) is 3.32. The Morgan fingerprint density at radius 2 is 1.91 bits per heavy atom. The first-order valence-electron chi connectivity index (χ1n) is 11.0. The van der Waals surface area contributed by atoms with Gasteiger partial charge in [-0.25, -0.2) is 9.78 Å². The molecule has 0 bridgehead atoms. The molecular weight excluding hydrogens is 438 g/mol. The van der Waals surface area contributed by atoms with Gasteiger partial charge in [-0.15, -0.1) is 0 Å². The van der Waals surface area contributed by atoms with E-state index in [-0.39, 0.29) is 17.2 Å². The summed E-state index contributed by atoms with van der Waals surface area (Å²) >= 11 is 1.22. The largest absolute Gasteiger partial charge is 0.465 e. The standard InChI is InChI=1S/C25H29N3O4S/c1-17(2)11-13-26-22(29)16-33-25-27-21-15-19(24(31)32-3)9-10-20(21)23(30)28(25)14-12-18-7-5-4-6-8-18/h4-10,15,17H,11-14,16H2,1-3H3,(H,26,29). The fourth-order valence-corrected chi connectivity index (χ4v) is 4.18. The highest BCUT2D eigenvalue weighted by Crippen LogP contribution is 2.20. The number of nitrogens with zero attached hydrogens (tertiary/aromatic N) is 2. The third-order valence-electron chi connectivity index (χ3n) is 5.18. The van der Waals surface area contributed by atoms with Crippen LogP contribution in [0.2, 0.25) is 0 Å². The second-order valence-corrected chi connectivity index (χ2v) is 9.07. The van der Waals surface area contributed by atoms with Gasteiger partial charge in [0, 0.05) is 13.1 Å². The Labute approximate surface area is 197 Å². The molecule has 0 aliphatic heterocycles. The van der Waals surface area contributed by atoms with Crippen molar-refractivity contribution in [1.82, 2.24) is 14.9 Å². The number of methoxy groups -OCH3 is 1. The average molecular weight is 468 g/mol. The summed E-state index contributed by atoms with van der Waals surface area (Å²) in [5.41, 5.74) is 1.63. The number of benzene rings is 2. The number of ether oxygens (including phenoxy) is 1. The van der Waals surface area contributed by atoms with Crippen LogP contribution in [0, 0.1) is 5.92 Å². The van der Waals surface area contributed by atoms with E-state index < -0.39 is 5.97 Å². The summed E-state index contributed by atoms with van der Waals surface area (Å²) in [6.07, 6.45) is 1.56. The molecule has 0 atom stereocenters. The molecule has 1 heterocycles. The summed E-state index contributed by atoms with van der Waals surface area (Å²) in [5, 5.41) is 3.78. The predicted octanol–water partition coefficient (Wildman–Crippen LogP) is 3.68. The van der Waals surface area contributed by atoms with Gasteiger partial charge in [0.05, 0.1) is 29.3 Å². The van der Waals surface area contributed by atoms with Crippen molar-refractivity contribution in [3.8, 4) is 0 Å². The zero-order valence-electron chi connectivity index (χ0n) is 19.2. The van der Waals surface area contributed by atoms with Gasteiger partial charge in [-0.3, -0.25) is 14.2 Å². The normalized spacial score (nSPS) is 11.0. The number of hydrogen-bond donors (Lipinski definition) is 1. The number of aryl methyl sites for hydroxylation is 1. The van der Waals surface area contributed by atoms with E-state index in [0.717, 1.165) is 12.0 Å². The van der Waals surface area contributed by atoms with Crippen LogP contribution in [0.25, 0.3) is 10.9 Å². The number of amides is 1. The lowest BCUT2D eigenvalue weighted by atomic mass is 10.1. The highest BCUT2D eigenvalue weighted by Gasteiger charge is 2.15. The Morgan fingerprint density at radius 1 is 1.15 bits per heavy atom. The molecule has 0 radical (unpaired) electrons. The molecule has 8 heteroatoms. The number of aromatic nitrogens is 2. The lowest BCUT2D eigenvalue weighted by Crippen LogP contribution is -2.28. The maximum atomic E-state index is 13.3. The molecule has 3 rings (SSSR count). The number of nitrogens with one attached hydrogen (secondary N) is 1. The first-order valence-corrected chi connectivity index (χ1v) is 11.9. The van der Waals surface area contributed by atoms with E-state index in [1.165, 1.54) is 18.9 Å². The van der Waals surface area contributed by atoms with Gasteiger partial charge >= 0.3 is 5.97 Å². The molecule has 0 spiro atoms. The molecule has 3 aromatic rings. The fraction of sp³-hybridized carbons (Fsp3) is 0.360. The van der Waals surface area contributed by atoms with Crippen LogP contribution in [0.5, 0.6) is 0 Å². The summed E-state index contributed by atoms with van der Waals surface area (Å²) in [4.78, 5) is 42.2. The first-order chi connectivity index (χ1) is 15.9. The van der Waals surface area contributed by atoms with Crippen molar-refractivity contribution in [2.24, 2.45) is 5.92 Å². The Bertz CT molecular complexity index is 1180. The quantitative estimate of drug-likeness (QED) is 0.278. The van der Waals surface area contributed by atoms with Crippen molar-refractivity contribution in [3.63, 3.8) is 0 Å². The highest BCUT2D eigenvalue weighted by molar-refractivity contribution is 7.99. The summed E-state index contributed by atoms with van der Waals surface area (Å²) in [6.45, 7) is 5.26. The van der Waals surface area contributed by atoms with E-state index in [2.05, 4.69) is 24.1 Å². The van der Waals surface area contributed by atoms with E-state index in [9.17, 15) is 14.4 Å². The topological polar surface area (TPSA) is 90.3 Å². The second kappa shape index (κ2) is 11.7. The van der Waals surface area contributed by atoms with Gasteiger partial charge in [0.15, 0.2) is 5.16 Å². The van der Waals surface area contributed by atoms with E-state index >= 15 is 0 Å². The summed E-state index contributed by atoms with van der Waals surface area (Å²) < 4.78 is 6.39. The molecule has 2 aromatic carbocycles. The molecule has 1 N–H and O–H groups in total. The Balaban J connectivity index is 1.89. The zero-order valence-corrected chi connectivity index (χ0v) is 20.0. The van der Waals surface area contributed by atoms with Gasteiger partial charge in [-0.05, 0) is 42.5 Å². The average Bonchev–Trinajstić information content (AvgIpc) is 2.81. The van der Waals surface area contributed by atoms with E-state index in [1.807, 2.05) is 30.3 Å². The third-order valence-corrected chi connectivity index (χ3v) is 6.16. The molecule has 0 saturated heterocycles. The number of carbonyl (C=O) groups is 2. The monoisotopic (exact) mass is 467 g/mol. The molecule has 7 nitrogen and oxygen atoms in total. The molecule has 0 aliphatic rings. The summed E-state index contributed by atoms with van der Waals surface area (Å²) in [5.74, 6) is 0.0591. The zero-order chi connectivity index (χ0) is 23.8. The summed E-state index contributed by atoms with van der Waals surface area (Å²) in [7, 11) is 1.31. The Kier molecular flexibility index (Phi) is 8.65. The van der Waals surface area contributed by atoms with Crippen molar-refractivity contribution in [3.05, 3.63) is 70.0 Å². The minimum Gasteiger partial charge on any atom is -0.465 e. The van der Waals surface area contributed by atoms with Crippen LogP contribution in [0.1, 0.15) is 36.2 Å². The minimum absolute atomic E-state index is 0.104. The molecule has 33 heavy (non-hydrogen) atoms. The molecule has 1 amide bonds. The van der Waals surface area contributed by atoms with E-state index in [1.54, 1.807) is 22.8 Å².